The van der Waals surface area contributed by atoms with Crippen molar-refractivity contribution in [1.29, 1.82) is 0 Å². The van der Waals surface area contributed by atoms with E-state index in [1.165, 1.54) is 12.8 Å². The molecule has 0 spiro atoms. The predicted octanol–water partition coefficient (Wildman–Crippen LogP) is 2.42. The standard InChI is InChI=1S/C15H26N2O3/c1-2-4-12-6-9-16(10-7-12)15(20)17-8-3-5-13(11-17)14(18)19/h12-13H,2-11H2,1H3,(H,18,19)/t13-/m0/s1. The molecule has 0 aliphatic carbocycles. The summed E-state index contributed by atoms with van der Waals surface area (Å²) in [6, 6.07) is 0.0471. The Bertz CT molecular complexity index is 351. The molecule has 2 amide bonds. The molecule has 20 heavy (non-hydrogen) atoms. The Balaban J connectivity index is 1.84. The van der Waals surface area contributed by atoms with E-state index in [1.807, 2.05) is 4.90 Å². The number of rotatable bonds is 3. The van der Waals surface area contributed by atoms with Crippen molar-refractivity contribution in [3.8, 4) is 0 Å². The number of carboxylic acid groups (broad SMARTS) is 1. The normalized spacial score (nSPS) is 24.8. The first kappa shape index (κ1) is 15.1. The third-order valence-corrected chi connectivity index (χ3v) is 4.62. The van der Waals surface area contributed by atoms with Gasteiger partial charge in [-0.15, -0.1) is 0 Å². The molecule has 114 valence electrons. The fourth-order valence-corrected chi connectivity index (χ4v) is 3.37. The van der Waals surface area contributed by atoms with Gasteiger partial charge in [0.05, 0.1) is 5.92 Å². The van der Waals surface area contributed by atoms with Gasteiger partial charge in [0, 0.05) is 26.2 Å². The Labute approximate surface area is 120 Å². The molecule has 5 heteroatoms. The molecular weight excluding hydrogens is 256 g/mol. The van der Waals surface area contributed by atoms with Crippen molar-refractivity contribution in [2.45, 2.75) is 45.4 Å². The highest BCUT2D eigenvalue weighted by Crippen LogP contribution is 2.24. The number of carbonyl (C=O) groups is 2. The van der Waals surface area contributed by atoms with Crippen LogP contribution in [0.25, 0.3) is 0 Å². The molecule has 0 saturated carbocycles. The van der Waals surface area contributed by atoms with E-state index in [0.717, 1.165) is 38.3 Å². The summed E-state index contributed by atoms with van der Waals surface area (Å²) in [4.78, 5) is 27.2. The number of piperidine rings is 2. The lowest BCUT2D eigenvalue weighted by Gasteiger charge is -2.38. The van der Waals surface area contributed by atoms with Crippen LogP contribution in [0.3, 0.4) is 0 Å². The SMILES string of the molecule is CCCC1CCN(C(=O)N2CCC[C@H](C(=O)O)C2)CC1. The van der Waals surface area contributed by atoms with Crippen LogP contribution in [0.5, 0.6) is 0 Å². The van der Waals surface area contributed by atoms with Crippen molar-refractivity contribution in [1.82, 2.24) is 9.80 Å². The van der Waals surface area contributed by atoms with Crippen molar-refractivity contribution in [3.05, 3.63) is 0 Å². The van der Waals surface area contributed by atoms with E-state index in [9.17, 15) is 9.59 Å². The Hall–Kier alpha value is -1.26. The lowest BCUT2D eigenvalue weighted by Crippen LogP contribution is -2.50. The minimum absolute atomic E-state index is 0.0471. The molecule has 0 bridgehead atoms. The summed E-state index contributed by atoms with van der Waals surface area (Å²) in [6.45, 7) is 4.95. The minimum Gasteiger partial charge on any atom is -0.481 e. The number of hydrogen-bond donors (Lipinski definition) is 1. The Morgan fingerprint density at radius 1 is 1.10 bits per heavy atom. The highest BCUT2D eigenvalue weighted by atomic mass is 16.4. The van der Waals surface area contributed by atoms with Crippen molar-refractivity contribution in [3.63, 3.8) is 0 Å². The summed E-state index contributed by atoms with van der Waals surface area (Å²) in [5, 5.41) is 9.09. The number of aliphatic carboxylic acids is 1. The number of urea groups is 1. The van der Waals surface area contributed by atoms with E-state index in [2.05, 4.69) is 6.92 Å². The van der Waals surface area contributed by atoms with Gasteiger partial charge in [-0.3, -0.25) is 4.79 Å². The van der Waals surface area contributed by atoms with Gasteiger partial charge in [-0.2, -0.15) is 0 Å². The van der Waals surface area contributed by atoms with Crippen LogP contribution >= 0.6 is 0 Å². The lowest BCUT2D eigenvalue weighted by atomic mass is 9.92. The van der Waals surface area contributed by atoms with Crippen molar-refractivity contribution >= 4 is 12.0 Å². The van der Waals surface area contributed by atoms with Gasteiger partial charge in [0.1, 0.15) is 0 Å². The zero-order valence-electron chi connectivity index (χ0n) is 12.4. The number of likely N-dealkylation sites (tertiary alicyclic amines) is 2. The number of amides is 2. The monoisotopic (exact) mass is 282 g/mol. The second-order valence-corrected chi connectivity index (χ2v) is 6.13. The molecule has 2 saturated heterocycles. The topological polar surface area (TPSA) is 60.9 Å². The highest BCUT2D eigenvalue weighted by molar-refractivity contribution is 5.76. The summed E-state index contributed by atoms with van der Waals surface area (Å²) in [6.07, 6.45) is 6.15. The van der Waals surface area contributed by atoms with Crippen LogP contribution in [0.15, 0.2) is 0 Å². The van der Waals surface area contributed by atoms with Crippen molar-refractivity contribution in [2.75, 3.05) is 26.2 Å². The fraction of sp³-hybridized carbons (Fsp3) is 0.867. The third-order valence-electron chi connectivity index (χ3n) is 4.62. The first-order valence-electron chi connectivity index (χ1n) is 7.88. The number of hydrogen-bond acceptors (Lipinski definition) is 2. The first-order valence-corrected chi connectivity index (χ1v) is 7.88. The molecule has 0 radical (unpaired) electrons. The van der Waals surface area contributed by atoms with Gasteiger partial charge in [0.2, 0.25) is 0 Å². The van der Waals surface area contributed by atoms with Gasteiger partial charge in [0.15, 0.2) is 0 Å². The second kappa shape index (κ2) is 6.95. The van der Waals surface area contributed by atoms with Crippen LogP contribution in [-0.2, 0) is 4.79 Å². The number of carboxylic acids is 1. The summed E-state index contributed by atoms with van der Waals surface area (Å²) in [7, 11) is 0. The molecular formula is C15H26N2O3. The quantitative estimate of drug-likeness (QED) is 0.864. The van der Waals surface area contributed by atoms with Crippen LogP contribution in [0.4, 0.5) is 4.79 Å². The van der Waals surface area contributed by atoms with E-state index in [0.29, 0.717) is 19.5 Å². The smallest absolute Gasteiger partial charge is 0.320 e. The molecule has 1 N–H and O–H groups in total. The van der Waals surface area contributed by atoms with Crippen LogP contribution in [-0.4, -0.2) is 53.1 Å². The van der Waals surface area contributed by atoms with Gasteiger partial charge in [0.25, 0.3) is 0 Å². The zero-order chi connectivity index (χ0) is 14.5. The van der Waals surface area contributed by atoms with E-state index in [-0.39, 0.29) is 11.9 Å². The van der Waals surface area contributed by atoms with Gasteiger partial charge in [-0.25, -0.2) is 4.79 Å². The molecule has 0 aromatic carbocycles. The molecule has 0 aromatic heterocycles. The van der Waals surface area contributed by atoms with Gasteiger partial charge < -0.3 is 14.9 Å². The molecule has 1 atom stereocenters. The van der Waals surface area contributed by atoms with Gasteiger partial charge in [-0.1, -0.05) is 19.8 Å². The van der Waals surface area contributed by atoms with Crippen LogP contribution in [0, 0.1) is 11.8 Å². The molecule has 0 unspecified atom stereocenters. The third kappa shape index (κ3) is 3.64. The first-order chi connectivity index (χ1) is 9.61. The number of nitrogens with zero attached hydrogens (tertiary/aromatic N) is 2. The van der Waals surface area contributed by atoms with Crippen LogP contribution in [0.1, 0.15) is 45.4 Å². The maximum absolute atomic E-state index is 12.4. The molecule has 2 aliphatic heterocycles. The van der Waals surface area contributed by atoms with Gasteiger partial charge in [-0.05, 0) is 31.6 Å². The fourth-order valence-electron chi connectivity index (χ4n) is 3.37. The largest absolute Gasteiger partial charge is 0.481 e. The lowest BCUT2D eigenvalue weighted by molar-refractivity contribution is -0.143. The van der Waals surface area contributed by atoms with E-state index >= 15 is 0 Å². The van der Waals surface area contributed by atoms with E-state index in [4.69, 9.17) is 5.11 Å². The molecule has 0 aromatic rings. The van der Waals surface area contributed by atoms with E-state index in [1.54, 1.807) is 4.90 Å². The summed E-state index contributed by atoms with van der Waals surface area (Å²) < 4.78 is 0. The van der Waals surface area contributed by atoms with E-state index < -0.39 is 5.97 Å². The van der Waals surface area contributed by atoms with Crippen LogP contribution < -0.4 is 0 Å². The molecule has 2 aliphatic rings. The summed E-state index contributed by atoms with van der Waals surface area (Å²) in [5.74, 6) is -0.397. The maximum atomic E-state index is 12.4. The number of carbonyl (C=O) groups excluding carboxylic acids is 1. The highest BCUT2D eigenvalue weighted by Gasteiger charge is 2.31. The average Bonchev–Trinajstić information content (AvgIpc) is 2.48. The average molecular weight is 282 g/mol. The van der Waals surface area contributed by atoms with Gasteiger partial charge >= 0.3 is 12.0 Å². The minimum atomic E-state index is -0.774. The van der Waals surface area contributed by atoms with Crippen LogP contribution in [0.2, 0.25) is 0 Å². The second-order valence-electron chi connectivity index (χ2n) is 6.13. The Morgan fingerprint density at radius 3 is 2.40 bits per heavy atom. The molecule has 2 fully saturated rings. The molecule has 2 rings (SSSR count). The Morgan fingerprint density at radius 2 is 1.80 bits per heavy atom. The van der Waals surface area contributed by atoms with Crippen molar-refractivity contribution < 1.29 is 14.7 Å². The summed E-state index contributed by atoms with van der Waals surface area (Å²) >= 11 is 0. The molecule has 5 nitrogen and oxygen atoms in total. The summed E-state index contributed by atoms with van der Waals surface area (Å²) in [5.41, 5.74) is 0. The van der Waals surface area contributed by atoms with Crippen molar-refractivity contribution in [2.24, 2.45) is 11.8 Å². The zero-order valence-corrected chi connectivity index (χ0v) is 12.4. The predicted molar refractivity (Wildman–Crippen MR) is 76.5 cm³/mol. The Kier molecular flexibility index (Phi) is 5.26. The maximum Gasteiger partial charge on any atom is 0.320 e. The molecule has 2 heterocycles.